The normalized spacial score (nSPS) is 15.9. The molecule has 17 heavy (non-hydrogen) atoms. The minimum absolute atomic E-state index is 0.773. The summed E-state index contributed by atoms with van der Waals surface area (Å²) in [7, 11) is 0. The van der Waals surface area contributed by atoms with E-state index in [4.69, 9.17) is 5.41 Å². The smallest absolute Gasteiger partial charge is 0.106 e. The Labute approximate surface area is 115 Å². The zero-order valence-electron chi connectivity index (χ0n) is 9.79. The maximum atomic E-state index is 8.08. The first-order valence-electron chi connectivity index (χ1n) is 5.96. The highest BCUT2D eigenvalue weighted by molar-refractivity contribution is 9.10. The highest BCUT2D eigenvalue weighted by atomic mass is 79.9. The zero-order valence-corrected chi connectivity index (χ0v) is 12.2. The monoisotopic (exact) mass is 312 g/mol. The standard InChI is InChI=1S/C13H17BrN2S/c14-11-5-4-6-12(9-11)17-10-13(15)16-7-2-1-3-8-16/h4-6,9,15H,1-3,7-8,10H2. The molecule has 1 aliphatic rings. The van der Waals surface area contributed by atoms with Crippen LogP contribution in [0.15, 0.2) is 33.6 Å². The predicted molar refractivity (Wildman–Crippen MR) is 78.0 cm³/mol. The first-order valence-corrected chi connectivity index (χ1v) is 7.74. The van der Waals surface area contributed by atoms with Gasteiger partial charge in [0.1, 0.15) is 5.84 Å². The van der Waals surface area contributed by atoms with Gasteiger partial charge < -0.3 is 4.90 Å². The van der Waals surface area contributed by atoms with Crippen molar-refractivity contribution >= 4 is 33.5 Å². The summed E-state index contributed by atoms with van der Waals surface area (Å²) in [6.45, 7) is 2.13. The molecule has 4 heteroatoms. The Kier molecular flexibility index (Phi) is 4.92. The molecule has 1 aliphatic heterocycles. The summed E-state index contributed by atoms with van der Waals surface area (Å²) < 4.78 is 1.10. The molecule has 92 valence electrons. The van der Waals surface area contributed by atoms with E-state index < -0.39 is 0 Å². The van der Waals surface area contributed by atoms with Crippen LogP contribution in [0.4, 0.5) is 0 Å². The van der Waals surface area contributed by atoms with E-state index in [0.717, 1.165) is 29.2 Å². The van der Waals surface area contributed by atoms with Crippen molar-refractivity contribution in [2.24, 2.45) is 0 Å². The summed E-state index contributed by atoms with van der Waals surface area (Å²) >= 11 is 5.21. The van der Waals surface area contributed by atoms with Crippen molar-refractivity contribution in [3.05, 3.63) is 28.7 Å². The Morgan fingerprint density at radius 3 is 2.76 bits per heavy atom. The third-order valence-corrected chi connectivity index (χ3v) is 4.41. The molecule has 1 aromatic carbocycles. The number of benzene rings is 1. The third kappa shape index (κ3) is 4.03. The highest BCUT2D eigenvalue weighted by Crippen LogP contribution is 2.22. The van der Waals surface area contributed by atoms with Gasteiger partial charge in [-0.3, -0.25) is 5.41 Å². The van der Waals surface area contributed by atoms with Crippen LogP contribution in [0.3, 0.4) is 0 Å². The van der Waals surface area contributed by atoms with Gasteiger partial charge >= 0.3 is 0 Å². The number of hydrogen-bond donors (Lipinski definition) is 1. The number of amidine groups is 1. The number of nitrogens with one attached hydrogen (secondary N) is 1. The molecule has 0 spiro atoms. The Balaban J connectivity index is 1.83. The fourth-order valence-electron chi connectivity index (χ4n) is 1.96. The average Bonchev–Trinajstić information content (AvgIpc) is 2.37. The van der Waals surface area contributed by atoms with E-state index >= 15 is 0 Å². The SMILES string of the molecule is N=C(CSc1cccc(Br)c1)N1CCCCC1. The van der Waals surface area contributed by atoms with Crippen LogP contribution in [0.2, 0.25) is 0 Å². The summed E-state index contributed by atoms with van der Waals surface area (Å²) in [6.07, 6.45) is 3.80. The molecule has 1 N–H and O–H groups in total. The van der Waals surface area contributed by atoms with Gasteiger partial charge in [-0.05, 0) is 37.5 Å². The molecule has 2 nitrogen and oxygen atoms in total. The van der Waals surface area contributed by atoms with Crippen molar-refractivity contribution < 1.29 is 0 Å². The van der Waals surface area contributed by atoms with Gasteiger partial charge in [0.05, 0.1) is 5.75 Å². The maximum Gasteiger partial charge on any atom is 0.106 e. The Morgan fingerprint density at radius 1 is 1.29 bits per heavy atom. The molecule has 0 bridgehead atoms. The lowest BCUT2D eigenvalue weighted by molar-refractivity contribution is 0.339. The van der Waals surface area contributed by atoms with Gasteiger partial charge in [0.25, 0.3) is 0 Å². The summed E-state index contributed by atoms with van der Waals surface area (Å²) in [5.41, 5.74) is 0. The molecule has 2 rings (SSSR count). The molecule has 1 heterocycles. The van der Waals surface area contributed by atoms with E-state index in [-0.39, 0.29) is 0 Å². The molecule has 0 atom stereocenters. The largest absolute Gasteiger partial charge is 0.360 e. The lowest BCUT2D eigenvalue weighted by Crippen LogP contribution is -2.36. The fraction of sp³-hybridized carbons (Fsp3) is 0.462. The van der Waals surface area contributed by atoms with Gasteiger partial charge in [-0.1, -0.05) is 22.0 Å². The molecule has 0 unspecified atom stereocenters. The second-order valence-corrected chi connectivity index (χ2v) is 6.20. The quantitative estimate of drug-likeness (QED) is 0.519. The van der Waals surface area contributed by atoms with Gasteiger partial charge in [0.15, 0.2) is 0 Å². The van der Waals surface area contributed by atoms with Crippen LogP contribution in [0, 0.1) is 5.41 Å². The number of hydrogen-bond acceptors (Lipinski definition) is 2. The van der Waals surface area contributed by atoms with Crippen LogP contribution in [0.1, 0.15) is 19.3 Å². The second kappa shape index (κ2) is 6.45. The van der Waals surface area contributed by atoms with Crippen LogP contribution in [0.5, 0.6) is 0 Å². The molecular weight excluding hydrogens is 296 g/mol. The lowest BCUT2D eigenvalue weighted by atomic mass is 10.1. The van der Waals surface area contributed by atoms with Crippen molar-refractivity contribution in [3.8, 4) is 0 Å². The van der Waals surface area contributed by atoms with E-state index in [2.05, 4.69) is 33.0 Å². The van der Waals surface area contributed by atoms with E-state index in [1.165, 1.54) is 24.2 Å². The van der Waals surface area contributed by atoms with Crippen LogP contribution < -0.4 is 0 Å². The first kappa shape index (κ1) is 13.0. The van der Waals surface area contributed by atoms with Gasteiger partial charge in [-0.2, -0.15) is 0 Å². The topological polar surface area (TPSA) is 27.1 Å². The van der Waals surface area contributed by atoms with Crippen molar-refractivity contribution in [2.75, 3.05) is 18.8 Å². The molecule has 0 radical (unpaired) electrons. The maximum absolute atomic E-state index is 8.08. The number of nitrogens with zero attached hydrogens (tertiary/aromatic N) is 1. The third-order valence-electron chi connectivity index (χ3n) is 2.91. The van der Waals surface area contributed by atoms with Gasteiger partial charge in [0, 0.05) is 22.5 Å². The van der Waals surface area contributed by atoms with Gasteiger partial charge in [-0.25, -0.2) is 0 Å². The Bertz CT molecular complexity index is 389. The molecule has 1 saturated heterocycles. The highest BCUT2D eigenvalue weighted by Gasteiger charge is 2.13. The predicted octanol–water partition coefficient (Wildman–Crippen LogP) is 4.00. The molecule has 0 aliphatic carbocycles. The summed E-state index contributed by atoms with van der Waals surface area (Å²) in [6, 6.07) is 8.27. The molecule has 0 saturated carbocycles. The Hall–Kier alpha value is -0.480. The second-order valence-electron chi connectivity index (χ2n) is 4.24. The number of likely N-dealkylation sites (tertiary alicyclic amines) is 1. The number of piperidine rings is 1. The number of rotatable bonds is 3. The first-order chi connectivity index (χ1) is 8.25. The van der Waals surface area contributed by atoms with Gasteiger partial charge in [-0.15, -0.1) is 11.8 Å². The molecule has 1 fully saturated rings. The molecule has 0 aromatic heterocycles. The lowest BCUT2D eigenvalue weighted by Gasteiger charge is -2.28. The molecule has 1 aromatic rings. The van der Waals surface area contributed by atoms with E-state index in [0.29, 0.717) is 0 Å². The molecule has 0 amide bonds. The van der Waals surface area contributed by atoms with Crippen LogP contribution >= 0.6 is 27.7 Å². The van der Waals surface area contributed by atoms with Crippen molar-refractivity contribution in [2.45, 2.75) is 24.2 Å². The van der Waals surface area contributed by atoms with Crippen LogP contribution in [-0.2, 0) is 0 Å². The fourth-order valence-corrected chi connectivity index (χ4v) is 3.39. The van der Waals surface area contributed by atoms with Gasteiger partial charge in [0.2, 0.25) is 0 Å². The minimum atomic E-state index is 0.773. The average molecular weight is 313 g/mol. The van der Waals surface area contributed by atoms with Crippen LogP contribution in [0.25, 0.3) is 0 Å². The number of halogens is 1. The minimum Gasteiger partial charge on any atom is -0.360 e. The van der Waals surface area contributed by atoms with Crippen LogP contribution in [-0.4, -0.2) is 29.6 Å². The van der Waals surface area contributed by atoms with E-state index in [1.54, 1.807) is 11.8 Å². The molecular formula is C13H17BrN2S. The number of thioether (sulfide) groups is 1. The summed E-state index contributed by atoms with van der Waals surface area (Å²) in [5, 5.41) is 8.08. The zero-order chi connectivity index (χ0) is 12.1. The van der Waals surface area contributed by atoms with Crippen molar-refractivity contribution in [3.63, 3.8) is 0 Å². The summed E-state index contributed by atoms with van der Waals surface area (Å²) in [4.78, 5) is 3.44. The van der Waals surface area contributed by atoms with E-state index in [9.17, 15) is 0 Å². The van der Waals surface area contributed by atoms with Crippen molar-refractivity contribution in [1.82, 2.24) is 4.90 Å². The van der Waals surface area contributed by atoms with E-state index in [1.807, 2.05) is 12.1 Å². The Morgan fingerprint density at radius 2 is 2.06 bits per heavy atom. The van der Waals surface area contributed by atoms with Crippen molar-refractivity contribution in [1.29, 1.82) is 5.41 Å². The summed E-state index contributed by atoms with van der Waals surface area (Å²) in [5.74, 6) is 1.55.